The molecule has 0 aliphatic carbocycles. The molecule has 4 rings (SSSR count). The monoisotopic (exact) mass is 378 g/mol. The SMILES string of the molecule is CC1(C)OB(c2ccc3c(c2)NCC3N2CCS(=O)(=O)CC2)OC1(C)C. The molecule has 1 aromatic rings. The van der Waals surface area contributed by atoms with Crippen LogP contribution >= 0.6 is 0 Å². The molecule has 8 heteroatoms. The van der Waals surface area contributed by atoms with Crippen LogP contribution < -0.4 is 10.8 Å². The highest BCUT2D eigenvalue weighted by molar-refractivity contribution is 7.91. The smallest absolute Gasteiger partial charge is 0.399 e. The molecule has 3 aliphatic rings. The van der Waals surface area contributed by atoms with Crippen LogP contribution in [-0.2, 0) is 19.1 Å². The fraction of sp³-hybridized carbons (Fsp3) is 0.667. The highest BCUT2D eigenvalue weighted by Crippen LogP contribution is 2.38. The number of sulfone groups is 1. The van der Waals surface area contributed by atoms with Crippen molar-refractivity contribution in [2.24, 2.45) is 0 Å². The first-order valence-corrected chi connectivity index (χ1v) is 11.1. The van der Waals surface area contributed by atoms with Crippen molar-refractivity contribution in [1.29, 1.82) is 0 Å². The van der Waals surface area contributed by atoms with Gasteiger partial charge in [-0.05, 0) is 44.8 Å². The van der Waals surface area contributed by atoms with E-state index < -0.39 is 9.84 Å². The average Bonchev–Trinajstić information content (AvgIpc) is 3.05. The second-order valence-electron chi connectivity index (χ2n) is 8.52. The van der Waals surface area contributed by atoms with E-state index in [0.717, 1.165) is 17.7 Å². The molecule has 0 saturated carbocycles. The molecular formula is C18H27BN2O4S. The standard InChI is InChI=1S/C18H27BN2O4S/c1-17(2)18(3,4)25-19(24-17)13-5-6-14-15(11-13)20-12-16(14)21-7-9-26(22,23)10-8-21/h5-6,11,16,20H,7-10,12H2,1-4H3. The Hall–Kier alpha value is -1.09. The zero-order chi connectivity index (χ0) is 18.7. The van der Waals surface area contributed by atoms with Gasteiger partial charge in [-0.25, -0.2) is 8.42 Å². The van der Waals surface area contributed by atoms with Crippen LogP contribution in [0.2, 0.25) is 0 Å². The van der Waals surface area contributed by atoms with E-state index in [2.05, 4.69) is 56.1 Å². The van der Waals surface area contributed by atoms with Crippen LogP contribution in [0.1, 0.15) is 39.3 Å². The lowest BCUT2D eigenvalue weighted by Gasteiger charge is -2.32. The summed E-state index contributed by atoms with van der Waals surface area (Å²) in [5.41, 5.74) is 2.62. The van der Waals surface area contributed by atoms with E-state index in [1.807, 2.05) is 0 Å². The molecule has 2 fully saturated rings. The predicted molar refractivity (Wildman–Crippen MR) is 104 cm³/mol. The Kier molecular flexibility index (Phi) is 4.19. The predicted octanol–water partition coefficient (Wildman–Crippen LogP) is 1.18. The summed E-state index contributed by atoms with van der Waals surface area (Å²) in [6.45, 7) is 10.2. The number of rotatable bonds is 2. The van der Waals surface area contributed by atoms with Gasteiger partial charge in [0, 0.05) is 25.3 Å². The number of nitrogens with zero attached hydrogens (tertiary/aromatic N) is 1. The second-order valence-corrected chi connectivity index (χ2v) is 10.8. The van der Waals surface area contributed by atoms with Crippen molar-refractivity contribution < 1.29 is 17.7 Å². The summed E-state index contributed by atoms with van der Waals surface area (Å²) in [7, 11) is -3.23. The Balaban J connectivity index is 1.53. The van der Waals surface area contributed by atoms with Crippen molar-refractivity contribution in [3.05, 3.63) is 23.8 Å². The molecule has 3 aliphatic heterocycles. The first-order valence-electron chi connectivity index (χ1n) is 9.26. The lowest BCUT2D eigenvalue weighted by molar-refractivity contribution is 0.00578. The van der Waals surface area contributed by atoms with E-state index in [0.29, 0.717) is 13.1 Å². The first-order chi connectivity index (χ1) is 12.1. The highest BCUT2D eigenvalue weighted by atomic mass is 32.2. The Bertz CT molecular complexity index is 794. The van der Waals surface area contributed by atoms with Gasteiger partial charge in [-0.1, -0.05) is 12.1 Å². The average molecular weight is 378 g/mol. The van der Waals surface area contributed by atoms with Gasteiger partial charge in [-0.3, -0.25) is 4.90 Å². The van der Waals surface area contributed by atoms with E-state index in [4.69, 9.17) is 9.31 Å². The van der Waals surface area contributed by atoms with E-state index in [1.165, 1.54) is 5.56 Å². The Morgan fingerprint density at radius 2 is 1.73 bits per heavy atom. The van der Waals surface area contributed by atoms with Crippen LogP contribution in [0, 0.1) is 0 Å². The van der Waals surface area contributed by atoms with Gasteiger partial charge in [0.1, 0.15) is 0 Å². The molecular weight excluding hydrogens is 351 g/mol. The minimum atomic E-state index is -2.86. The molecule has 1 atom stereocenters. The molecule has 0 spiro atoms. The molecule has 0 aromatic heterocycles. The van der Waals surface area contributed by atoms with E-state index in [1.54, 1.807) is 0 Å². The fourth-order valence-electron chi connectivity index (χ4n) is 3.82. The highest BCUT2D eigenvalue weighted by Gasteiger charge is 2.51. The molecule has 6 nitrogen and oxygen atoms in total. The fourth-order valence-corrected chi connectivity index (χ4v) is 5.05. The van der Waals surface area contributed by atoms with Crippen molar-refractivity contribution in [3.8, 4) is 0 Å². The molecule has 3 heterocycles. The maximum atomic E-state index is 11.7. The first kappa shape index (κ1) is 18.3. The number of benzene rings is 1. The van der Waals surface area contributed by atoms with E-state index >= 15 is 0 Å². The minimum Gasteiger partial charge on any atom is -0.399 e. The summed E-state index contributed by atoms with van der Waals surface area (Å²) >= 11 is 0. The number of nitrogens with one attached hydrogen (secondary N) is 1. The van der Waals surface area contributed by atoms with E-state index in [9.17, 15) is 8.42 Å². The largest absolute Gasteiger partial charge is 0.494 e. The number of anilines is 1. The lowest BCUT2D eigenvalue weighted by atomic mass is 9.78. The summed E-state index contributed by atoms with van der Waals surface area (Å²) in [6, 6.07) is 6.54. The minimum absolute atomic E-state index is 0.229. The summed E-state index contributed by atoms with van der Waals surface area (Å²) < 4.78 is 35.7. The third-order valence-electron chi connectivity index (χ3n) is 6.27. The van der Waals surface area contributed by atoms with Gasteiger partial charge in [0.25, 0.3) is 0 Å². The normalized spacial score (nSPS) is 29.4. The van der Waals surface area contributed by atoms with Crippen molar-refractivity contribution >= 4 is 28.1 Å². The number of hydrogen-bond acceptors (Lipinski definition) is 6. The van der Waals surface area contributed by atoms with Crippen molar-refractivity contribution in [3.63, 3.8) is 0 Å². The van der Waals surface area contributed by atoms with Crippen LogP contribution in [0.4, 0.5) is 5.69 Å². The van der Waals surface area contributed by atoms with Gasteiger partial charge < -0.3 is 14.6 Å². The van der Waals surface area contributed by atoms with Crippen LogP contribution in [0.3, 0.4) is 0 Å². The van der Waals surface area contributed by atoms with Gasteiger partial charge in [0.2, 0.25) is 0 Å². The molecule has 0 amide bonds. The van der Waals surface area contributed by atoms with Gasteiger partial charge in [0.15, 0.2) is 9.84 Å². The summed E-state index contributed by atoms with van der Waals surface area (Å²) in [6.07, 6.45) is 0. The molecule has 1 aromatic carbocycles. The van der Waals surface area contributed by atoms with Crippen molar-refractivity contribution in [2.75, 3.05) is 36.5 Å². The molecule has 0 radical (unpaired) electrons. The summed E-state index contributed by atoms with van der Waals surface area (Å²) in [5.74, 6) is 0.510. The molecule has 2 saturated heterocycles. The molecule has 142 valence electrons. The quantitative estimate of drug-likeness (QED) is 0.780. The van der Waals surface area contributed by atoms with Crippen molar-refractivity contribution in [2.45, 2.75) is 44.9 Å². The topological polar surface area (TPSA) is 67.9 Å². The molecule has 26 heavy (non-hydrogen) atoms. The maximum absolute atomic E-state index is 11.7. The third-order valence-corrected chi connectivity index (χ3v) is 7.88. The second kappa shape index (κ2) is 5.96. The Morgan fingerprint density at radius 1 is 1.12 bits per heavy atom. The molecule has 1 N–H and O–H groups in total. The zero-order valence-electron chi connectivity index (χ0n) is 15.9. The Morgan fingerprint density at radius 3 is 2.35 bits per heavy atom. The number of hydrogen-bond donors (Lipinski definition) is 1. The van der Waals surface area contributed by atoms with Crippen LogP contribution in [0.15, 0.2) is 18.2 Å². The van der Waals surface area contributed by atoms with Gasteiger partial charge in [-0.15, -0.1) is 0 Å². The lowest BCUT2D eigenvalue weighted by Crippen LogP contribution is -2.42. The Labute approximate surface area is 156 Å². The van der Waals surface area contributed by atoms with Gasteiger partial charge in [-0.2, -0.15) is 0 Å². The number of fused-ring (bicyclic) bond motifs is 1. The van der Waals surface area contributed by atoms with Crippen molar-refractivity contribution in [1.82, 2.24) is 4.90 Å². The van der Waals surface area contributed by atoms with Crippen LogP contribution in [0.5, 0.6) is 0 Å². The maximum Gasteiger partial charge on any atom is 0.494 e. The third kappa shape index (κ3) is 3.07. The summed E-state index contributed by atoms with van der Waals surface area (Å²) in [5, 5.41) is 3.47. The van der Waals surface area contributed by atoms with E-state index in [-0.39, 0.29) is 35.9 Å². The van der Waals surface area contributed by atoms with Gasteiger partial charge in [0.05, 0.1) is 28.7 Å². The molecule has 1 unspecified atom stereocenters. The van der Waals surface area contributed by atoms with Crippen LogP contribution in [0.25, 0.3) is 0 Å². The molecule has 0 bridgehead atoms. The zero-order valence-corrected chi connectivity index (χ0v) is 16.7. The van der Waals surface area contributed by atoms with Gasteiger partial charge >= 0.3 is 7.12 Å². The summed E-state index contributed by atoms with van der Waals surface area (Å²) in [4.78, 5) is 2.27. The van der Waals surface area contributed by atoms with Crippen LogP contribution in [-0.4, -0.2) is 62.8 Å².